The molecule has 2 aromatic carbocycles. The van der Waals surface area contributed by atoms with E-state index >= 15 is 0 Å². The fraction of sp³-hybridized carbons (Fsp3) is 0.273. The third-order valence-electron chi connectivity index (χ3n) is 4.85. The summed E-state index contributed by atoms with van der Waals surface area (Å²) >= 11 is 1.37. The first-order valence-electron chi connectivity index (χ1n) is 10.00. The Morgan fingerprint density at radius 2 is 1.63 bits per heavy atom. The van der Waals surface area contributed by atoms with Crippen LogP contribution in [0.15, 0.2) is 59.4 Å². The highest BCUT2D eigenvalue weighted by molar-refractivity contribution is 7.15. The molecule has 0 atom stereocenters. The van der Waals surface area contributed by atoms with E-state index in [0.717, 1.165) is 28.0 Å². The molecule has 0 fully saturated rings. The number of amides is 1. The number of benzene rings is 2. The minimum atomic E-state index is -0.184. The molecule has 0 spiro atoms. The van der Waals surface area contributed by atoms with E-state index < -0.39 is 0 Å². The van der Waals surface area contributed by atoms with Gasteiger partial charge >= 0.3 is 5.69 Å². The zero-order chi connectivity index (χ0) is 20.9. The first-order valence-corrected chi connectivity index (χ1v) is 10.8. The molecule has 7 nitrogen and oxygen atoms in total. The maximum Gasteiger partial charge on any atom is 0.329 e. The van der Waals surface area contributed by atoms with Crippen LogP contribution in [0.25, 0.3) is 11.0 Å². The number of hydrogen-bond donors (Lipinski definition) is 1. The van der Waals surface area contributed by atoms with Crippen LogP contribution in [-0.2, 0) is 24.3 Å². The van der Waals surface area contributed by atoms with Gasteiger partial charge in [-0.15, -0.1) is 10.2 Å². The largest absolute Gasteiger partial charge is 0.329 e. The highest BCUT2D eigenvalue weighted by Crippen LogP contribution is 2.19. The van der Waals surface area contributed by atoms with Crippen LogP contribution in [-0.4, -0.2) is 25.2 Å². The van der Waals surface area contributed by atoms with Crippen LogP contribution in [0.5, 0.6) is 0 Å². The van der Waals surface area contributed by atoms with Crippen molar-refractivity contribution in [2.75, 3.05) is 5.32 Å². The molecule has 1 amide bonds. The molecule has 0 bridgehead atoms. The number of anilines is 1. The molecule has 0 unspecified atom stereocenters. The van der Waals surface area contributed by atoms with Gasteiger partial charge in [0.25, 0.3) is 0 Å². The smallest absolute Gasteiger partial charge is 0.300 e. The quantitative estimate of drug-likeness (QED) is 0.470. The topological polar surface area (TPSA) is 81.8 Å². The van der Waals surface area contributed by atoms with E-state index in [1.165, 1.54) is 11.3 Å². The van der Waals surface area contributed by atoms with Gasteiger partial charge in [0.05, 0.1) is 11.0 Å². The van der Waals surface area contributed by atoms with E-state index in [1.54, 1.807) is 9.13 Å². The van der Waals surface area contributed by atoms with Crippen LogP contribution in [0, 0.1) is 0 Å². The second-order valence-corrected chi connectivity index (χ2v) is 8.10. The normalized spacial score (nSPS) is 11.1. The molecule has 0 aliphatic rings. The van der Waals surface area contributed by atoms with Gasteiger partial charge < -0.3 is 5.32 Å². The van der Waals surface area contributed by atoms with Gasteiger partial charge in [-0.25, -0.2) is 4.79 Å². The van der Waals surface area contributed by atoms with Gasteiger partial charge in [0.2, 0.25) is 11.0 Å². The number of imidazole rings is 1. The molecule has 0 aliphatic heterocycles. The number of carbonyl (C=O) groups excluding carboxylic acids is 1. The number of nitrogens with zero attached hydrogens (tertiary/aromatic N) is 4. The summed E-state index contributed by atoms with van der Waals surface area (Å²) in [5.41, 5.74) is 2.82. The van der Waals surface area contributed by atoms with Gasteiger partial charge in [-0.2, -0.15) is 0 Å². The molecule has 4 rings (SSSR count). The van der Waals surface area contributed by atoms with Crippen molar-refractivity contribution in [2.24, 2.45) is 0 Å². The van der Waals surface area contributed by atoms with Crippen LogP contribution in [0.4, 0.5) is 5.13 Å². The van der Waals surface area contributed by atoms with Gasteiger partial charge in [-0.05, 0) is 24.1 Å². The number of rotatable bonds is 8. The second kappa shape index (κ2) is 9.04. The number of carbonyl (C=O) groups is 1. The van der Waals surface area contributed by atoms with E-state index in [4.69, 9.17) is 0 Å². The van der Waals surface area contributed by atoms with Gasteiger partial charge in [0.1, 0.15) is 5.01 Å². The molecule has 0 saturated heterocycles. The summed E-state index contributed by atoms with van der Waals surface area (Å²) in [6.07, 6.45) is 1.74. The maximum absolute atomic E-state index is 12.8. The van der Waals surface area contributed by atoms with Crippen LogP contribution >= 0.6 is 11.3 Å². The standard InChI is InChI=1S/C22H23N5O2S/c1-2-13-26-17-10-6-7-11-18(17)27(22(26)29)14-12-19(28)23-21-25-24-20(30-21)15-16-8-4-3-5-9-16/h3-11H,2,12-15H2,1H3,(H,23,25,28). The first kappa shape index (κ1) is 20.0. The number of fused-ring (bicyclic) bond motifs is 1. The van der Waals surface area contributed by atoms with Crippen molar-refractivity contribution in [3.8, 4) is 0 Å². The number of para-hydroxylation sites is 2. The Kier molecular flexibility index (Phi) is 6.04. The Morgan fingerprint density at radius 3 is 2.33 bits per heavy atom. The van der Waals surface area contributed by atoms with Crippen molar-refractivity contribution >= 4 is 33.4 Å². The van der Waals surface area contributed by atoms with E-state index in [0.29, 0.717) is 24.6 Å². The molecule has 30 heavy (non-hydrogen) atoms. The Bertz CT molecular complexity index is 1210. The number of hydrogen-bond acceptors (Lipinski definition) is 5. The lowest BCUT2D eigenvalue weighted by molar-refractivity contribution is -0.116. The molecule has 0 aliphatic carbocycles. The molecular formula is C22H23N5O2S. The molecular weight excluding hydrogens is 398 g/mol. The second-order valence-electron chi connectivity index (χ2n) is 7.04. The van der Waals surface area contributed by atoms with Crippen molar-refractivity contribution in [2.45, 2.75) is 39.3 Å². The third-order valence-corrected chi connectivity index (χ3v) is 5.68. The Labute approximate surface area is 178 Å². The number of aromatic nitrogens is 4. The summed E-state index contributed by atoms with van der Waals surface area (Å²) in [6.45, 7) is 3.02. The molecule has 0 saturated carbocycles. The fourth-order valence-corrected chi connectivity index (χ4v) is 4.26. The zero-order valence-corrected chi connectivity index (χ0v) is 17.6. The number of aryl methyl sites for hydroxylation is 2. The van der Waals surface area contributed by atoms with E-state index in [-0.39, 0.29) is 18.0 Å². The molecule has 0 radical (unpaired) electrons. The van der Waals surface area contributed by atoms with Gasteiger partial charge in [0.15, 0.2) is 0 Å². The summed E-state index contributed by atoms with van der Waals surface area (Å²) in [5, 5.41) is 12.3. The van der Waals surface area contributed by atoms with E-state index in [9.17, 15) is 9.59 Å². The van der Waals surface area contributed by atoms with Crippen molar-refractivity contribution in [1.82, 2.24) is 19.3 Å². The fourth-order valence-electron chi connectivity index (χ4n) is 3.47. The van der Waals surface area contributed by atoms with Crippen molar-refractivity contribution in [3.05, 3.63) is 75.7 Å². The first-order chi connectivity index (χ1) is 14.7. The summed E-state index contributed by atoms with van der Waals surface area (Å²) in [6, 6.07) is 17.7. The van der Waals surface area contributed by atoms with Gasteiger partial charge in [-0.1, -0.05) is 60.7 Å². The minimum absolute atomic E-state index is 0.0769. The lowest BCUT2D eigenvalue weighted by Crippen LogP contribution is -2.26. The lowest BCUT2D eigenvalue weighted by Gasteiger charge is -2.03. The van der Waals surface area contributed by atoms with Crippen LogP contribution in [0.2, 0.25) is 0 Å². The summed E-state index contributed by atoms with van der Waals surface area (Å²) in [5.74, 6) is -0.184. The van der Waals surface area contributed by atoms with Crippen LogP contribution in [0.1, 0.15) is 30.3 Å². The highest BCUT2D eigenvalue weighted by Gasteiger charge is 2.14. The molecule has 1 N–H and O–H groups in total. The van der Waals surface area contributed by atoms with Crippen molar-refractivity contribution < 1.29 is 4.79 Å². The van der Waals surface area contributed by atoms with Crippen molar-refractivity contribution in [3.63, 3.8) is 0 Å². The average Bonchev–Trinajstić information content (AvgIpc) is 3.30. The Morgan fingerprint density at radius 1 is 0.967 bits per heavy atom. The van der Waals surface area contributed by atoms with E-state index in [1.807, 2.05) is 61.5 Å². The monoisotopic (exact) mass is 421 g/mol. The average molecular weight is 422 g/mol. The summed E-state index contributed by atoms with van der Waals surface area (Å²) in [7, 11) is 0. The zero-order valence-electron chi connectivity index (χ0n) is 16.7. The minimum Gasteiger partial charge on any atom is -0.300 e. The maximum atomic E-state index is 12.8. The molecule has 2 aromatic heterocycles. The molecule has 154 valence electrons. The Balaban J connectivity index is 1.41. The molecule has 4 aromatic rings. The predicted molar refractivity (Wildman–Crippen MR) is 119 cm³/mol. The lowest BCUT2D eigenvalue weighted by atomic mass is 10.2. The number of nitrogens with one attached hydrogen (secondary N) is 1. The predicted octanol–water partition coefficient (Wildman–Crippen LogP) is 3.68. The highest BCUT2D eigenvalue weighted by atomic mass is 32.1. The van der Waals surface area contributed by atoms with Crippen LogP contribution in [0.3, 0.4) is 0 Å². The van der Waals surface area contributed by atoms with E-state index in [2.05, 4.69) is 15.5 Å². The summed E-state index contributed by atoms with van der Waals surface area (Å²) in [4.78, 5) is 25.2. The van der Waals surface area contributed by atoms with Crippen LogP contribution < -0.4 is 11.0 Å². The van der Waals surface area contributed by atoms with Crippen molar-refractivity contribution in [1.29, 1.82) is 0 Å². The molecule has 8 heteroatoms. The van der Waals surface area contributed by atoms with Gasteiger partial charge in [-0.3, -0.25) is 13.9 Å². The summed E-state index contributed by atoms with van der Waals surface area (Å²) < 4.78 is 3.44. The molecule has 2 heterocycles. The third kappa shape index (κ3) is 4.33. The van der Waals surface area contributed by atoms with Gasteiger partial charge in [0, 0.05) is 25.9 Å². The Hall–Kier alpha value is -3.26. The SMILES string of the molecule is CCCn1c(=O)n(CCC(=O)Nc2nnc(Cc3ccccc3)s2)c2ccccc21.